The molecule has 0 aliphatic carbocycles. The van der Waals surface area contributed by atoms with Crippen molar-refractivity contribution in [3.63, 3.8) is 0 Å². The smallest absolute Gasteiger partial charge is 0.231 e. The van der Waals surface area contributed by atoms with Crippen LogP contribution in [0.3, 0.4) is 0 Å². The van der Waals surface area contributed by atoms with Gasteiger partial charge in [-0.05, 0) is 72.5 Å². The summed E-state index contributed by atoms with van der Waals surface area (Å²) < 4.78 is 33.9. The van der Waals surface area contributed by atoms with E-state index in [1.807, 2.05) is 60.7 Å². The first-order chi connectivity index (χ1) is 31.5. The SMILES string of the molecule is Cl.Cl.S=C(CCc1ccc2c(c1)OCO2)N1CCN(c2ncnc3c2oc2ccccc23)CC1.S=C(CCc1ccc2c(c1)OCO2)N1CCN(c2ncnc3c2oc2ccccc23)CC1. The Labute approximate surface area is 403 Å². The maximum absolute atomic E-state index is 6.11. The first kappa shape index (κ1) is 45.0. The highest BCUT2D eigenvalue weighted by Crippen LogP contribution is 2.36. The van der Waals surface area contributed by atoms with E-state index in [1.54, 1.807) is 12.7 Å². The zero-order chi connectivity index (χ0) is 43.0. The molecular weight excluding hydrogens is 920 g/mol. The minimum atomic E-state index is 0. The van der Waals surface area contributed by atoms with Crippen LogP contribution in [-0.4, -0.2) is 106 Å². The lowest BCUT2D eigenvalue weighted by atomic mass is 10.1. The van der Waals surface area contributed by atoms with Crippen molar-refractivity contribution in [1.82, 2.24) is 29.7 Å². The van der Waals surface area contributed by atoms with Crippen molar-refractivity contribution < 1.29 is 27.8 Å². The van der Waals surface area contributed by atoms with Gasteiger partial charge in [-0.2, -0.15) is 0 Å². The van der Waals surface area contributed by atoms with Crippen LogP contribution in [0.15, 0.2) is 106 Å². The lowest BCUT2D eigenvalue weighted by Crippen LogP contribution is -2.48. The Morgan fingerprint density at radius 3 is 1.33 bits per heavy atom. The van der Waals surface area contributed by atoms with E-state index in [4.69, 9.17) is 52.2 Å². The van der Waals surface area contributed by atoms with Gasteiger partial charge in [-0.1, -0.05) is 60.8 Å². The zero-order valence-electron chi connectivity index (χ0n) is 35.8. The van der Waals surface area contributed by atoms with Gasteiger partial charge in [0, 0.05) is 76.0 Å². The molecule has 2 fully saturated rings. The topological polar surface area (TPSA) is 128 Å². The van der Waals surface area contributed by atoms with E-state index in [1.165, 1.54) is 11.1 Å². The average molecular weight is 966 g/mol. The average Bonchev–Trinajstić information content (AvgIpc) is 4.17. The minimum Gasteiger partial charge on any atom is -0.454 e. The summed E-state index contributed by atoms with van der Waals surface area (Å²) in [6.07, 6.45) is 6.72. The normalized spacial score (nSPS) is 15.2. The van der Waals surface area contributed by atoms with Crippen molar-refractivity contribution in [3.8, 4) is 23.0 Å². The maximum atomic E-state index is 6.11. The number of ether oxygens (including phenoxy) is 4. The van der Waals surface area contributed by atoms with Gasteiger partial charge in [0.05, 0.1) is 9.98 Å². The lowest BCUT2D eigenvalue weighted by Gasteiger charge is -2.36. The standard InChI is InChI=1S/2C24H22N4O3S.2ClH/c2*32-21(8-6-16-5-7-19-20(13-16)30-15-29-19)27-9-11-28(12-10-27)24-23-22(25-14-26-24)17-3-1-2-4-18(17)31-23;;/h2*1-5,7,13-14H,6,8-12,15H2;2*1H. The summed E-state index contributed by atoms with van der Waals surface area (Å²) in [6, 6.07) is 28.2. The first-order valence-electron chi connectivity index (χ1n) is 21.6. The fourth-order valence-corrected chi connectivity index (χ4v) is 9.39. The number of aryl methyl sites for hydroxylation is 2. The van der Waals surface area contributed by atoms with E-state index in [2.05, 4.69) is 63.8 Å². The first-order valence-corrected chi connectivity index (χ1v) is 22.4. The molecule has 0 unspecified atom stereocenters. The van der Waals surface area contributed by atoms with Crippen molar-refractivity contribution >= 4 is 115 Å². The summed E-state index contributed by atoms with van der Waals surface area (Å²) in [7, 11) is 0. The fourth-order valence-electron chi connectivity index (χ4n) is 8.82. The molecule has 66 heavy (non-hydrogen) atoms. The summed E-state index contributed by atoms with van der Waals surface area (Å²) in [5.41, 5.74) is 7.35. The molecule has 0 N–H and O–H groups in total. The highest BCUT2D eigenvalue weighted by atomic mass is 35.5. The number of benzene rings is 4. The van der Waals surface area contributed by atoms with Gasteiger partial charge in [0.25, 0.3) is 0 Å². The Morgan fingerprint density at radius 1 is 0.485 bits per heavy atom. The largest absolute Gasteiger partial charge is 0.454 e. The molecule has 18 heteroatoms. The van der Waals surface area contributed by atoms with Crippen LogP contribution in [-0.2, 0) is 12.8 Å². The summed E-state index contributed by atoms with van der Waals surface area (Å²) in [5.74, 6) is 4.99. The van der Waals surface area contributed by atoms with E-state index in [9.17, 15) is 0 Å². The highest BCUT2D eigenvalue weighted by molar-refractivity contribution is 7.80. The van der Waals surface area contributed by atoms with E-state index < -0.39 is 0 Å². The molecule has 14 nitrogen and oxygen atoms in total. The second-order valence-corrected chi connectivity index (χ2v) is 17.0. The molecule has 8 aromatic rings. The second-order valence-electron chi connectivity index (χ2n) is 16.1. The number of fused-ring (bicyclic) bond motifs is 8. The van der Waals surface area contributed by atoms with E-state index in [0.717, 1.165) is 167 Å². The number of thiocarbonyl (C=S) groups is 2. The van der Waals surface area contributed by atoms with Crippen LogP contribution >= 0.6 is 49.2 Å². The van der Waals surface area contributed by atoms with Crippen molar-refractivity contribution in [2.75, 3.05) is 75.7 Å². The Kier molecular flexibility index (Phi) is 13.4. The number of nitrogens with zero attached hydrogens (tertiary/aromatic N) is 8. The second kappa shape index (κ2) is 19.7. The van der Waals surface area contributed by atoms with Crippen molar-refractivity contribution in [3.05, 3.63) is 109 Å². The van der Waals surface area contributed by atoms with Gasteiger partial charge in [0.1, 0.15) is 34.9 Å². The number of rotatable bonds is 8. The number of hydrogen-bond acceptors (Lipinski definition) is 14. The van der Waals surface area contributed by atoms with Gasteiger partial charge in [0.2, 0.25) is 13.6 Å². The van der Waals surface area contributed by atoms with Crippen LogP contribution in [0.1, 0.15) is 24.0 Å². The van der Waals surface area contributed by atoms with Gasteiger partial charge in [-0.15, -0.1) is 24.8 Å². The van der Waals surface area contributed by atoms with Gasteiger partial charge in [-0.3, -0.25) is 0 Å². The Hall–Kier alpha value is -6.20. The van der Waals surface area contributed by atoms with Crippen molar-refractivity contribution in [2.24, 2.45) is 0 Å². The number of furan rings is 2. The summed E-state index contributed by atoms with van der Waals surface area (Å²) in [5, 5.41) is 2.05. The summed E-state index contributed by atoms with van der Waals surface area (Å²) in [4.78, 5) is 29.2. The third-order valence-electron chi connectivity index (χ3n) is 12.3. The molecule has 0 bridgehead atoms. The predicted octanol–water partition coefficient (Wildman–Crippen LogP) is 9.22. The number of para-hydroxylation sites is 2. The third kappa shape index (κ3) is 9.02. The minimum absolute atomic E-state index is 0. The van der Waals surface area contributed by atoms with Gasteiger partial charge >= 0.3 is 0 Å². The molecule has 2 saturated heterocycles. The molecule has 0 saturated carbocycles. The lowest BCUT2D eigenvalue weighted by molar-refractivity contribution is 0.173. The number of anilines is 2. The Bertz CT molecular complexity index is 2840. The zero-order valence-corrected chi connectivity index (χ0v) is 39.1. The molecule has 8 heterocycles. The van der Waals surface area contributed by atoms with Crippen molar-refractivity contribution in [2.45, 2.75) is 25.7 Å². The molecule has 0 radical (unpaired) electrons. The number of halogens is 2. The molecule has 4 aliphatic heterocycles. The van der Waals surface area contributed by atoms with Gasteiger partial charge in [-0.25, -0.2) is 19.9 Å². The van der Waals surface area contributed by atoms with Crippen LogP contribution in [0.5, 0.6) is 23.0 Å². The molecule has 4 aliphatic rings. The highest BCUT2D eigenvalue weighted by Gasteiger charge is 2.26. The molecular formula is C48H46Cl2N8O6S2. The van der Waals surface area contributed by atoms with Crippen LogP contribution in [0.4, 0.5) is 11.6 Å². The number of aromatic nitrogens is 4. The third-order valence-corrected chi connectivity index (χ3v) is 13.2. The van der Waals surface area contributed by atoms with Gasteiger partial charge in [0.15, 0.2) is 45.8 Å². The van der Waals surface area contributed by atoms with Crippen molar-refractivity contribution in [1.29, 1.82) is 0 Å². The summed E-state index contributed by atoms with van der Waals surface area (Å²) >= 11 is 11.5. The fraction of sp³-hybridized carbons (Fsp3) is 0.292. The van der Waals surface area contributed by atoms with E-state index >= 15 is 0 Å². The molecule has 4 aromatic carbocycles. The maximum Gasteiger partial charge on any atom is 0.231 e. The van der Waals surface area contributed by atoms with Crippen LogP contribution < -0.4 is 28.7 Å². The molecule has 0 atom stereocenters. The van der Waals surface area contributed by atoms with Crippen LogP contribution in [0.2, 0.25) is 0 Å². The Morgan fingerprint density at radius 2 is 0.894 bits per heavy atom. The number of piperazine rings is 2. The predicted molar refractivity (Wildman–Crippen MR) is 268 cm³/mol. The molecule has 340 valence electrons. The monoisotopic (exact) mass is 964 g/mol. The molecule has 12 rings (SSSR count). The van der Waals surface area contributed by atoms with Crippen LogP contribution in [0, 0.1) is 0 Å². The molecule has 4 aromatic heterocycles. The number of hydrogen-bond donors (Lipinski definition) is 0. The summed E-state index contributed by atoms with van der Waals surface area (Å²) in [6.45, 7) is 7.43. The quantitative estimate of drug-likeness (QED) is 0.134. The molecule has 0 spiro atoms. The van der Waals surface area contributed by atoms with E-state index in [0.29, 0.717) is 13.6 Å². The van der Waals surface area contributed by atoms with Gasteiger partial charge < -0.3 is 47.4 Å². The Balaban J connectivity index is 0.000000161. The van der Waals surface area contributed by atoms with Crippen LogP contribution in [0.25, 0.3) is 44.1 Å². The molecule has 0 amide bonds. The van der Waals surface area contributed by atoms with E-state index in [-0.39, 0.29) is 24.8 Å².